The summed E-state index contributed by atoms with van der Waals surface area (Å²) in [4.78, 5) is 17.1. The Morgan fingerprint density at radius 3 is 2.70 bits per heavy atom. The van der Waals surface area contributed by atoms with Gasteiger partial charge in [0, 0.05) is 29.3 Å². The van der Waals surface area contributed by atoms with Crippen LogP contribution in [0.2, 0.25) is 0 Å². The number of benzene rings is 1. The van der Waals surface area contributed by atoms with Crippen molar-refractivity contribution >= 4 is 16.6 Å². The smallest absolute Gasteiger partial charge is 0.167 e. The van der Waals surface area contributed by atoms with Crippen LogP contribution in [0.3, 0.4) is 0 Å². The molecule has 2 aromatic rings. The van der Waals surface area contributed by atoms with E-state index in [0.717, 1.165) is 28.2 Å². The van der Waals surface area contributed by atoms with Gasteiger partial charge in [-0.3, -0.25) is 9.78 Å². The van der Waals surface area contributed by atoms with Gasteiger partial charge in [-0.1, -0.05) is 18.2 Å². The van der Waals surface area contributed by atoms with Crippen LogP contribution in [0.15, 0.2) is 36.7 Å². The molecule has 5 rings (SSSR count). The summed E-state index contributed by atoms with van der Waals surface area (Å²) in [7, 11) is 0. The first-order valence-electron chi connectivity index (χ1n) is 7.71. The largest absolute Gasteiger partial charge is 0.294 e. The van der Waals surface area contributed by atoms with E-state index in [1.807, 2.05) is 24.4 Å². The lowest BCUT2D eigenvalue weighted by atomic mass is 9.94. The topological polar surface area (TPSA) is 30.0 Å². The van der Waals surface area contributed by atoms with Crippen LogP contribution in [0.5, 0.6) is 0 Å². The third-order valence-corrected chi connectivity index (χ3v) is 5.99. The highest BCUT2D eigenvalue weighted by atomic mass is 16.1. The van der Waals surface area contributed by atoms with Gasteiger partial charge in [0.25, 0.3) is 0 Å². The molecule has 2 nitrogen and oxygen atoms in total. The first-order valence-corrected chi connectivity index (χ1v) is 7.71. The highest BCUT2D eigenvalue weighted by Crippen LogP contribution is 2.70. The van der Waals surface area contributed by atoms with Gasteiger partial charge >= 0.3 is 0 Å². The van der Waals surface area contributed by atoms with Gasteiger partial charge in [0.1, 0.15) is 0 Å². The minimum Gasteiger partial charge on any atom is -0.294 e. The van der Waals surface area contributed by atoms with Crippen LogP contribution >= 0.6 is 0 Å². The fourth-order valence-corrected chi connectivity index (χ4v) is 5.18. The maximum Gasteiger partial charge on any atom is 0.167 e. The van der Waals surface area contributed by atoms with Crippen molar-refractivity contribution in [3.05, 3.63) is 42.2 Å². The van der Waals surface area contributed by atoms with E-state index >= 15 is 0 Å². The molecule has 0 aliphatic heterocycles. The summed E-state index contributed by atoms with van der Waals surface area (Å²) in [6.45, 7) is 0. The Labute approximate surface area is 118 Å². The van der Waals surface area contributed by atoms with Crippen molar-refractivity contribution in [2.45, 2.75) is 19.3 Å². The molecule has 0 N–H and O–H groups in total. The molecule has 2 heteroatoms. The molecule has 1 aromatic heterocycles. The van der Waals surface area contributed by atoms with Crippen LogP contribution < -0.4 is 0 Å². The summed E-state index contributed by atoms with van der Waals surface area (Å²) in [6, 6.07) is 8.04. The number of nitrogens with zero attached hydrogens (tertiary/aromatic N) is 1. The Morgan fingerprint density at radius 1 is 1.10 bits per heavy atom. The average molecular weight is 263 g/mol. The predicted molar refractivity (Wildman–Crippen MR) is 77.4 cm³/mol. The molecule has 1 aromatic carbocycles. The number of pyridine rings is 1. The zero-order valence-electron chi connectivity index (χ0n) is 11.3. The third kappa shape index (κ3) is 1.29. The first-order chi connectivity index (χ1) is 9.84. The van der Waals surface area contributed by atoms with Crippen LogP contribution in [0.25, 0.3) is 10.8 Å². The molecule has 0 amide bonds. The standard InChI is InChI=1S/C18H17NO/c20-18(17-15-11-4-5-12(8-11)16(15)17)13-3-1-2-10-6-7-19-9-14(10)13/h1-3,6-7,9,11-12,15-17H,4-5,8H2. The van der Waals surface area contributed by atoms with Crippen LogP contribution in [0, 0.1) is 29.6 Å². The molecular weight excluding hydrogens is 246 g/mol. The summed E-state index contributed by atoms with van der Waals surface area (Å²) in [5, 5.41) is 2.15. The molecular formula is C18H17NO. The predicted octanol–water partition coefficient (Wildman–Crippen LogP) is 3.71. The molecule has 3 aliphatic rings. The lowest BCUT2D eigenvalue weighted by Crippen LogP contribution is -2.10. The Morgan fingerprint density at radius 2 is 1.90 bits per heavy atom. The number of ketones is 1. The first kappa shape index (κ1) is 11.0. The van der Waals surface area contributed by atoms with Gasteiger partial charge in [-0.2, -0.15) is 0 Å². The van der Waals surface area contributed by atoms with Crippen molar-refractivity contribution in [3.8, 4) is 0 Å². The van der Waals surface area contributed by atoms with E-state index in [1.54, 1.807) is 6.20 Å². The van der Waals surface area contributed by atoms with Gasteiger partial charge in [0.15, 0.2) is 5.78 Å². The summed E-state index contributed by atoms with van der Waals surface area (Å²) < 4.78 is 0. The van der Waals surface area contributed by atoms with Crippen LogP contribution in [-0.4, -0.2) is 10.8 Å². The SMILES string of the molecule is O=C(c1cccc2ccncc12)C1C2C3CCC(C3)C12. The van der Waals surface area contributed by atoms with Gasteiger partial charge < -0.3 is 0 Å². The van der Waals surface area contributed by atoms with Crippen molar-refractivity contribution < 1.29 is 4.79 Å². The molecule has 0 saturated heterocycles. The minimum atomic E-state index is 0.326. The Hall–Kier alpha value is -1.70. The number of Topliss-reactive ketones (excluding diaryl/α,β-unsaturated/α-hetero) is 1. The molecule has 20 heavy (non-hydrogen) atoms. The molecule has 0 spiro atoms. The molecule has 0 radical (unpaired) electrons. The number of fused-ring (bicyclic) bond motifs is 6. The summed E-state index contributed by atoms with van der Waals surface area (Å²) >= 11 is 0. The molecule has 3 aliphatic carbocycles. The quantitative estimate of drug-likeness (QED) is 0.773. The number of hydrogen-bond donors (Lipinski definition) is 0. The summed E-state index contributed by atoms with van der Waals surface area (Å²) in [5.41, 5.74) is 0.898. The fourth-order valence-electron chi connectivity index (χ4n) is 5.18. The number of hydrogen-bond acceptors (Lipinski definition) is 2. The van der Waals surface area contributed by atoms with Gasteiger partial charge in [-0.05, 0) is 54.4 Å². The van der Waals surface area contributed by atoms with E-state index in [0.29, 0.717) is 23.5 Å². The lowest BCUT2D eigenvalue weighted by molar-refractivity contribution is 0.0946. The second-order valence-corrected chi connectivity index (χ2v) is 6.78. The molecule has 100 valence electrons. The third-order valence-electron chi connectivity index (χ3n) is 5.99. The van der Waals surface area contributed by atoms with Gasteiger partial charge in [-0.15, -0.1) is 0 Å². The summed E-state index contributed by atoms with van der Waals surface area (Å²) in [5.74, 6) is 3.85. The van der Waals surface area contributed by atoms with Crippen molar-refractivity contribution in [3.63, 3.8) is 0 Å². The maximum absolute atomic E-state index is 12.9. The van der Waals surface area contributed by atoms with Crippen LogP contribution in [-0.2, 0) is 0 Å². The second kappa shape index (κ2) is 3.69. The number of carbonyl (C=O) groups excluding carboxylic acids is 1. The normalized spacial score (nSPS) is 37.1. The van der Waals surface area contributed by atoms with Gasteiger partial charge in [-0.25, -0.2) is 0 Å². The Balaban J connectivity index is 1.55. The molecule has 4 atom stereocenters. The average Bonchev–Trinajstić information content (AvgIpc) is 2.93. The maximum atomic E-state index is 12.9. The van der Waals surface area contributed by atoms with E-state index in [2.05, 4.69) is 11.1 Å². The molecule has 1 heterocycles. The Bertz CT molecular complexity index is 701. The van der Waals surface area contributed by atoms with E-state index < -0.39 is 0 Å². The second-order valence-electron chi connectivity index (χ2n) is 6.78. The van der Waals surface area contributed by atoms with Crippen LogP contribution in [0.4, 0.5) is 0 Å². The number of rotatable bonds is 2. The van der Waals surface area contributed by atoms with Crippen molar-refractivity contribution in [2.75, 3.05) is 0 Å². The summed E-state index contributed by atoms with van der Waals surface area (Å²) in [6.07, 6.45) is 7.77. The van der Waals surface area contributed by atoms with E-state index in [-0.39, 0.29) is 0 Å². The van der Waals surface area contributed by atoms with Gasteiger partial charge in [0.05, 0.1) is 0 Å². The highest BCUT2D eigenvalue weighted by Gasteiger charge is 2.67. The van der Waals surface area contributed by atoms with E-state index in [4.69, 9.17) is 0 Å². The Kier molecular flexibility index (Phi) is 2.03. The molecule has 3 saturated carbocycles. The van der Waals surface area contributed by atoms with Crippen LogP contribution in [0.1, 0.15) is 29.6 Å². The van der Waals surface area contributed by atoms with Crippen molar-refractivity contribution in [2.24, 2.45) is 29.6 Å². The molecule has 3 fully saturated rings. The van der Waals surface area contributed by atoms with Crippen molar-refractivity contribution in [1.29, 1.82) is 0 Å². The van der Waals surface area contributed by atoms with Gasteiger partial charge in [0.2, 0.25) is 0 Å². The van der Waals surface area contributed by atoms with E-state index in [9.17, 15) is 4.79 Å². The monoisotopic (exact) mass is 263 g/mol. The zero-order chi connectivity index (χ0) is 13.3. The number of carbonyl (C=O) groups is 1. The van der Waals surface area contributed by atoms with E-state index in [1.165, 1.54) is 19.3 Å². The molecule has 2 bridgehead atoms. The van der Waals surface area contributed by atoms with Crippen molar-refractivity contribution in [1.82, 2.24) is 4.98 Å². The number of aromatic nitrogens is 1. The highest BCUT2D eigenvalue weighted by molar-refractivity contribution is 6.10. The lowest BCUT2D eigenvalue weighted by Gasteiger charge is -2.09. The fraction of sp³-hybridized carbons (Fsp3) is 0.444. The molecule has 4 unspecified atom stereocenters. The minimum absolute atomic E-state index is 0.326. The zero-order valence-corrected chi connectivity index (χ0v) is 11.3.